The van der Waals surface area contributed by atoms with Crippen molar-refractivity contribution < 1.29 is 5.11 Å². The van der Waals surface area contributed by atoms with Crippen molar-refractivity contribution in [2.45, 2.75) is 13.0 Å². The molecule has 1 aliphatic rings. The summed E-state index contributed by atoms with van der Waals surface area (Å²) in [4.78, 5) is 16.8. The lowest BCUT2D eigenvalue weighted by Gasteiger charge is -2.36. The maximum atomic E-state index is 12.5. The molecule has 6 nitrogen and oxygen atoms in total. The second-order valence-corrected chi connectivity index (χ2v) is 6.41. The number of para-hydroxylation sites is 1. The Morgan fingerprint density at radius 3 is 2.50 bits per heavy atom. The Morgan fingerprint density at radius 1 is 1.21 bits per heavy atom. The smallest absolute Gasteiger partial charge is 0.292 e. The van der Waals surface area contributed by atoms with E-state index in [1.165, 1.54) is 4.68 Å². The average molecular weight is 349 g/mol. The molecule has 1 fully saturated rings. The summed E-state index contributed by atoms with van der Waals surface area (Å²) in [6.07, 6.45) is 1.32. The van der Waals surface area contributed by atoms with E-state index in [-0.39, 0.29) is 16.7 Å². The van der Waals surface area contributed by atoms with Gasteiger partial charge in [-0.15, -0.1) is 0 Å². The summed E-state index contributed by atoms with van der Waals surface area (Å²) >= 11 is 6.33. The maximum absolute atomic E-state index is 12.5. The number of halogens is 1. The Morgan fingerprint density at radius 2 is 1.88 bits per heavy atom. The van der Waals surface area contributed by atoms with Crippen molar-refractivity contribution in [1.29, 1.82) is 0 Å². The molecule has 1 N–H and O–H groups in total. The predicted molar refractivity (Wildman–Crippen MR) is 95.2 cm³/mol. The van der Waals surface area contributed by atoms with E-state index in [0.29, 0.717) is 17.9 Å². The summed E-state index contributed by atoms with van der Waals surface area (Å²) < 4.78 is 1.32. The fourth-order valence-electron chi connectivity index (χ4n) is 2.94. The number of piperazine rings is 1. The van der Waals surface area contributed by atoms with E-state index in [0.717, 1.165) is 26.2 Å². The Kier molecular flexibility index (Phi) is 5.18. The van der Waals surface area contributed by atoms with Crippen LogP contribution in [0, 0.1) is 0 Å². The number of β-amino-alcohol motifs (C(OH)–C–C–N with tert-alkyl or cyclic N) is 1. The Balaban J connectivity index is 1.79. The fourth-order valence-corrected chi connectivity index (χ4v) is 3.19. The number of benzene rings is 1. The van der Waals surface area contributed by atoms with E-state index in [2.05, 4.69) is 14.9 Å². The van der Waals surface area contributed by atoms with Gasteiger partial charge in [-0.1, -0.05) is 29.8 Å². The summed E-state index contributed by atoms with van der Waals surface area (Å²) in [7, 11) is 0. The number of rotatable bonds is 4. The van der Waals surface area contributed by atoms with Gasteiger partial charge in [0.1, 0.15) is 5.02 Å². The highest BCUT2D eigenvalue weighted by atomic mass is 35.5. The van der Waals surface area contributed by atoms with Gasteiger partial charge in [-0.25, -0.2) is 0 Å². The van der Waals surface area contributed by atoms with Gasteiger partial charge in [0.25, 0.3) is 5.56 Å². The molecule has 3 rings (SSSR count). The van der Waals surface area contributed by atoms with E-state index in [1.54, 1.807) is 13.1 Å². The third-order valence-corrected chi connectivity index (χ3v) is 4.49. The molecular formula is C17H21ClN4O2. The van der Waals surface area contributed by atoms with Crippen molar-refractivity contribution in [1.82, 2.24) is 14.7 Å². The first-order valence-electron chi connectivity index (χ1n) is 8.05. The normalized spacial score (nSPS) is 17.0. The monoisotopic (exact) mass is 348 g/mol. The first-order valence-corrected chi connectivity index (χ1v) is 8.42. The van der Waals surface area contributed by atoms with Crippen LogP contribution in [0.5, 0.6) is 0 Å². The number of hydrogen-bond acceptors (Lipinski definition) is 5. The first kappa shape index (κ1) is 17.0. The predicted octanol–water partition coefficient (Wildman–Crippen LogP) is 1.39. The highest BCUT2D eigenvalue weighted by molar-refractivity contribution is 6.33. The number of aromatic nitrogens is 2. The third-order valence-electron chi connectivity index (χ3n) is 4.14. The lowest BCUT2D eigenvalue weighted by Crippen LogP contribution is -2.48. The molecule has 7 heteroatoms. The van der Waals surface area contributed by atoms with Crippen LogP contribution in [0.2, 0.25) is 5.02 Å². The van der Waals surface area contributed by atoms with Gasteiger partial charge in [0.05, 0.1) is 23.7 Å². The lowest BCUT2D eigenvalue weighted by molar-refractivity contribution is 0.122. The molecule has 0 amide bonds. The molecule has 1 atom stereocenters. The largest absolute Gasteiger partial charge is 0.392 e. The van der Waals surface area contributed by atoms with Crippen LogP contribution in [0.15, 0.2) is 41.3 Å². The van der Waals surface area contributed by atoms with Crippen molar-refractivity contribution in [2.75, 3.05) is 37.6 Å². The minimum atomic E-state index is -0.336. The zero-order valence-corrected chi connectivity index (χ0v) is 14.4. The number of aliphatic hydroxyl groups is 1. The molecule has 24 heavy (non-hydrogen) atoms. The van der Waals surface area contributed by atoms with Gasteiger partial charge in [0, 0.05) is 32.7 Å². The van der Waals surface area contributed by atoms with Gasteiger partial charge < -0.3 is 10.0 Å². The van der Waals surface area contributed by atoms with Gasteiger partial charge in [0.2, 0.25) is 0 Å². The van der Waals surface area contributed by atoms with Crippen LogP contribution >= 0.6 is 11.6 Å². The molecule has 1 aromatic heterocycles. The topological polar surface area (TPSA) is 61.6 Å². The molecule has 0 unspecified atom stereocenters. The quantitative estimate of drug-likeness (QED) is 0.904. The summed E-state index contributed by atoms with van der Waals surface area (Å²) in [5, 5.41) is 13.9. The van der Waals surface area contributed by atoms with Gasteiger partial charge in [-0.2, -0.15) is 9.78 Å². The van der Waals surface area contributed by atoms with Crippen LogP contribution in [-0.4, -0.2) is 58.6 Å². The molecular weight excluding hydrogens is 328 g/mol. The molecule has 0 aliphatic carbocycles. The molecule has 1 saturated heterocycles. The van der Waals surface area contributed by atoms with Gasteiger partial charge in [-0.3, -0.25) is 9.69 Å². The zero-order valence-electron chi connectivity index (χ0n) is 13.6. The zero-order chi connectivity index (χ0) is 17.1. The van der Waals surface area contributed by atoms with E-state index in [1.807, 2.05) is 30.3 Å². The Bertz CT molecular complexity index is 740. The standard InChI is InChI=1S/C17H21ClN4O2/c1-13(23)12-20-7-9-21(10-8-20)15-11-19-22(17(24)16(15)18)14-5-3-2-4-6-14/h2-6,11,13,23H,7-10,12H2,1H3/t13-/m0/s1. The molecule has 0 spiro atoms. The van der Waals surface area contributed by atoms with Crippen molar-refractivity contribution in [3.8, 4) is 5.69 Å². The third kappa shape index (κ3) is 3.61. The van der Waals surface area contributed by atoms with E-state index < -0.39 is 0 Å². The molecule has 128 valence electrons. The molecule has 2 heterocycles. The summed E-state index contributed by atoms with van der Waals surface area (Å²) in [6.45, 7) is 5.60. The van der Waals surface area contributed by atoms with Crippen molar-refractivity contribution in [3.63, 3.8) is 0 Å². The maximum Gasteiger partial charge on any atom is 0.292 e. The van der Waals surface area contributed by atoms with E-state index in [4.69, 9.17) is 11.6 Å². The molecule has 0 radical (unpaired) electrons. The van der Waals surface area contributed by atoms with Crippen molar-refractivity contribution in [3.05, 3.63) is 51.9 Å². The number of aliphatic hydroxyl groups excluding tert-OH is 1. The molecule has 0 bridgehead atoms. The SMILES string of the molecule is C[C@H](O)CN1CCN(c2cnn(-c3ccccc3)c(=O)c2Cl)CC1. The van der Waals surface area contributed by atoms with Crippen molar-refractivity contribution >= 4 is 17.3 Å². The number of anilines is 1. The average Bonchev–Trinajstić information content (AvgIpc) is 2.58. The minimum Gasteiger partial charge on any atom is -0.392 e. The fraction of sp³-hybridized carbons (Fsp3) is 0.412. The van der Waals surface area contributed by atoms with Crippen LogP contribution in [-0.2, 0) is 0 Å². The van der Waals surface area contributed by atoms with Crippen LogP contribution in [0.4, 0.5) is 5.69 Å². The second kappa shape index (κ2) is 7.34. The van der Waals surface area contributed by atoms with Crippen molar-refractivity contribution in [2.24, 2.45) is 0 Å². The molecule has 1 aromatic carbocycles. The van der Waals surface area contributed by atoms with E-state index >= 15 is 0 Å². The van der Waals surface area contributed by atoms with Gasteiger partial charge in [0.15, 0.2) is 0 Å². The van der Waals surface area contributed by atoms with Crippen LogP contribution in [0.25, 0.3) is 5.69 Å². The molecule has 0 saturated carbocycles. The lowest BCUT2D eigenvalue weighted by atomic mass is 10.2. The minimum absolute atomic E-state index is 0.192. The first-order chi connectivity index (χ1) is 11.6. The Hall–Kier alpha value is -1.89. The summed E-state index contributed by atoms with van der Waals surface area (Å²) in [6, 6.07) is 9.23. The summed E-state index contributed by atoms with van der Waals surface area (Å²) in [5.74, 6) is 0. The van der Waals surface area contributed by atoms with Gasteiger partial charge >= 0.3 is 0 Å². The van der Waals surface area contributed by atoms with Crippen LogP contribution in [0.3, 0.4) is 0 Å². The second-order valence-electron chi connectivity index (χ2n) is 6.03. The number of nitrogens with zero attached hydrogens (tertiary/aromatic N) is 4. The summed E-state index contributed by atoms with van der Waals surface area (Å²) in [5.41, 5.74) is 1.05. The Labute approximate surface area is 145 Å². The highest BCUT2D eigenvalue weighted by Crippen LogP contribution is 2.23. The van der Waals surface area contributed by atoms with Crippen LogP contribution < -0.4 is 10.5 Å². The van der Waals surface area contributed by atoms with Gasteiger partial charge in [-0.05, 0) is 19.1 Å². The van der Waals surface area contributed by atoms with Crippen LogP contribution in [0.1, 0.15) is 6.92 Å². The molecule has 2 aromatic rings. The molecule has 1 aliphatic heterocycles. The highest BCUT2D eigenvalue weighted by Gasteiger charge is 2.22. The number of hydrogen-bond donors (Lipinski definition) is 1. The van der Waals surface area contributed by atoms with E-state index in [9.17, 15) is 9.90 Å².